The Morgan fingerprint density at radius 3 is 2.58 bits per heavy atom. The smallest absolute Gasteiger partial charge is 0.231 e. The van der Waals surface area contributed by atoms with Gasteiger partial charge in [-0.3, -0.25) is 0 Å². The number of nitrogens with one attached hydrogen (secondary N) is 1. The number of hydrogen-bond acceptors (Lipinski definition) is 4. The average molecular weight is 276 g/mol. The molecule has 3 rings (SSSR count). The second kappa shape index (κ2) is 4.81. The van der Waals surface area contributed by atoms with Gasteiger partial charge in [0.05, 0.1) is 10.6 Å². The number of benzene rings is 2. The van der Waals surface area contributed by atoms with E-state index in [1.807, 2.05) is 0 Å². The van der Waals surface area contributed by atoms with Crippen LogP contribution >= 0.6 is 0 Å². The van der Waals surface area contributed by atoms with Crippen molar-refractivity contribution in [2.75, 3.05) is 17.2 Å². The van der Waals surface area contributed by atoms with Gasteiger partial charge >= 0.3 is 0 Å². The number of ether oxygens (including phenoxy) is 2. The molecule has 0 radical (unpaired) electrons. The van der Waals surface area contributed by atoms with Gasteiger partial charge in [-0.25, -0.2) is 4.21 Å². The molecule has 5 nitrogen and oxygen atoms in total. The normalized spacial score (nSPS) is 14.1. The Morgan fingerprint density at radius 1 is 1.05 bits per heavy atom. The van der Waals surface area contributed by atoms with E-state index >= 15 is 0 Å². The zero-order valence-corrected chi connectivity index (χ0v) is 10.8. The maximum atomic E-state index is 12.1. The lowest BCUT2D eigenvalue weighted by Crippen LogP contribution is -2.04. The Hall–Kier alpha value is -2.21. The number of fused-ring (bicyclic) bond motifs is 1. The predicted octanol–water partition coefficient (Wildman–Crippen LogP) is 2.13. The monoisotopic (exact) mass is 276 g/mol. The van der Waals surface area contributed by atoms with E-state index in [0.29, 0.717) is 27.8 Å². The molecule has 1 aliphatic heterocycles. The molecule has 0 spiro atoms. The quantitative estimate of drug-likeness (QED) is 0.842. The van der Waals surface area contributed by atoms with Gasteiger partial charge in [0.15, 0.2) is 11.5 Å². The summed E-state index contributed by atoms with van der Waals surface area (Å²) in [5.41, 5.74) is 6.94. The SMILES string of the molecule is Nc1ccc(S(=O)Nc2ccc3c(c2)OCO3)cc1. The summed E-state index contributed by atoms with van der Waals surface area (Å²) >= 11 is 0. The maximum Gasteiger partial charge on any atom is 0.231 e. The highest BCUT2D eigenvalue weighted by Gasteiger charge is 2.14. The van der Waals surface area contributed by atoms with E-state index in [4.69, 9.17) is 15.2 Å². The van der Waals surface area contributed by atoms with Crippen molar-refractivity contribution in [1.82, 2.24) is 0 Å². The van der Waals surface area contributed by atoms with Crippen LogP contribution < -0.4 is 19.9 Å². The largest absolute Gasteiger partial charge is 0.454 e. The zero-order valence-electron chi connectivity index (χ0n) is 9.96. The zero-order chi connectivity index (χ0) is 13.2. The van der Waals surface area contributed by atoms with Crippen LogP contribution in [-0.2, 0) is 11.0 Å². The van der Waals surface area contributed by atoms with E-state index < -0.39 is 11.0 Å². The Bertz CT molecular complexity index is 628. The lowest BCUT2D eigenvalue weighted by Gasteiger charge is -2.07. The summed E-state index contributed by atoms with van der Waals surface area (Å²) in [6.07, 6.45) is 0. The van der Waals surface area contributed by atoms with Gasteiger partial charge in [-0.1, -0.05) is 0 Å². The van der Waals surface area contributed by atoms with Crippen LogP contribution in [0.1, 0.15) is 0 Å². The average Bonchev–Trinajstić information content (AvgIpc) is 2.87. The summed E-state index contributed by atoms with van der Waals surface area (Å²) in [5, 5.41) is 0. The summed E-state index contributed by atoms with van der Waals surface area (Å²) < 4.78 is 25.5. The molecule has 0 bridgehead atoms. The van der Waals surface area contributed by atoms with Gasteiger partial charge in [0.1, 0.15) is 11.0 Å². The first-order chi connectivity index (χ1) is 9.22. The number of nitrogens with two attached hydrogens (primary N) is 1. The number of rotatable bonds is 3. The Balaban J connectivity index is 1.77. The molecule has 1 heterocycles. The van der Waals surface area contributed by atoms with Crippen molar-refractivity contribution in [3.63, 3.8) is 0 Å². The van der Waals surface area contributed by atoms with Gasteiger partial charge in [-0.2, -0.15) is 0 Å². The minimum Gasteiger partial charge on any atom is -0.454 e. The van der Waals surface area contributed by atoms with Crippen molar-refractivity contribution in [3.05, 3.63) is 42.5 Å². The first kappa shape index (κ1) is 11.9. The van der Waals surface area contributed by atoms with Crippen LogP contribution in [-0.4, -0.2) is 11.0 Å². The summed E-state index contributed by atoms with van der Waals surface area (Å²) in [4.78, 5) is 0.659. The molecule has 1 unspecified atom stereocenters. The molecule has 98 valence electrons. The van der Waals surface area contributed by atoms with Gasteiger partial charge in [0.2, 0.25) is 6.79 Å². The summed E-state index contributed by atoms with van der Waals surface area (Å²) in [6.45, 7) is 0.222. The fraction of sp³-hybridized carbons (Fsp3) is 0.0769. The Labute approximate surface area is 112 Å². The summed E-state index contributed by atoms with van der Waals surface area (Å²) in [6, 6.07) is 12.2. The fourth-order valence-corrected chi connectivity index (χ4v) is 2.56. The molecule has 3 N–H and O–H groups in total. The third-order valence-electron chi connectivity index (χ3n) is 2.68. The van der Waals surface area contributed by atoms with Gasteiger partial charge in [-0.15, -0.1) is 0 Å². The topological polar surface area (TPSA) is 73.6 Å². The fourth-order valence-electron chi connectivity index (χ4n) is 1.72. The maximum absolute atomic E-state index is 12.1. The van der Waals surface area contributed by atoms with Crippen molar-refractivity contribution in [1.29, 1.82) is 0 Å². The molecule has 1 atom stereocenters. The standard InChI is InChI=1S/C13H12N2O3S/c14-9-1-4-11(5-2-9)19(16)15-10-3-6-12-13(7-10)18-8-17-12/h1-7,15H,8,14H2. The number of nitrogen functional groups attached to an aromatic ring is 1. The third kappa shape index (κ3) is 2.48. The highest BCUT2D eigenvalue weighted by molar-refractivity contribution is 7.86. The second-order valence-electron chi connectivity index (χ2n) is 4.01. The second-order valence-corrected chi connectivity index (χ2v) is 5.22. The molecule has 2 aromatic rings. The van der Waals surface area contributed by atoms with Gasteiger partial charge < -0.3 is 19.9 Å². The molecule has 0 amide bonds. The predicted molar refractivity (Wildman–Crippen MR) is 73.5 cm³/mol. The third-order valence-corrected chi connectivity index (χ3v) is 3.80. The Kier molecular flexibility index (Phi) is 3.00. The van der Waals surface area contributed by atoms with Crippen molar-refractivity contribution in [2.24, 2.45) is 0 Å². The lowest BCUT2D eigenvalue weighted by molar-refractivity contribution is 0.174. The van der Waals surface area contributed by atoms with E-state index in [1.54, 1.807) is 42.5 Å². The molecule has 0 aliphatic carbocycles. The molecule has 0 saturated carbocycles. The molecule has 19 heavy (non-hydrogen) atoms. The van der Waals surface area contributed by atoms with E-state index in [0.717, 1.165) is 0 Å². The highest BCUT2D eigenvalue weighted by atomic mass is 32.2. The first-order valence-corrected chi connectivity index (χ1v) is 6.81. The van der Waals surface area contributed by atoms with Gasteiger partial charge in [0.25, 0.3) is 0 Å². The van der Waals surface area contributed by atoms with Crippen LogP contribution in [0.4, 0.5) is 11.4 Å². The minimum atomic E-state index is -1.34. The van der Waals surface area contributed by atoms with Crippen LogP contribution in [0.15, 0.2) is 47.4 Å². The van der Waals surface area contributed by atoms with Crippen LogP contribution in [0, 0.1) is 0 Å². The molecule has 1 aliphatic rings. The number of hydrogen-bond donors (Lipinski definition) is 2. The molecular weight excluding hydrogens is 264 g/mol. The molecule has 0 aromatic heterocycles. The van der Waals surface area contributed by atoms with Crippen LogP contribution in [0.3, 0.4) is 0 Å². The summed E-state index contributed by atoms with van der Waals surface area (Å²) in [5.74, 6) is 1.35. The number of anilines is 2. The molecule has 2 aromatic carbocycles. The van der Waals surface area contributed by atoms with Crippen molar-refractivity contribution in [2.45, 2.75) is 4.90 Å². The Morgan fingerprint density at radius 2 is 1.79 bits per heavy atom. The molecular formula is C13H12N2O3S. The van der Waals surface area contributed by atoms with E-state index in [1.165, 1.54) is 0 Å². The summed E-state index contributed by atoms with van der Waals surface area (Å²) in [7, 11) is -1.34. The van der Waals surface area contributed by atoms with Crippen molar-refractivity contribution in [3.8, 4) is 11.5 Å². The highest BCUT2D eigenvalue weighted by Crippen LogP contribution is 2.34. The van der Waals surface area contributed by atoms with Gasteiger partial charge in [0, 0.05) is 11.8 Å². The van der Waals surface area contributed by atoms with Crippen molar-refractivity contribution >= 4 is 22.4 Å². The minimum absolute atomic E-state index is 0.222. The van der Waals surface area contributed by atoms with Crippen LogP contribution in [0.5, 0.6) is 11.5 Å². The molecule has 0 fully saturated rings. The first-order valence-electron chi connectivity index (χ1n) is 5.66. The van der Waals surface area contributed by atoms with E-state index in [2.05, 4.69) is 4.72 Å². The van der Waals surface area contributed by atoms with E-state index in [-0.39, 0.29) is 6.79 Å². The van der Waals surface area contributed by atoms with Gasteiger partial charge in [-0.05, 0) is 36.4 Å². The van der Waals surface area contributed by atoms with E-state index in [9.17, 15) is 4.21 Å². The van der Waals surface area contributed by atoms with Crippen LogP contribution in [0.2, 0.25) is 0 Å². The molecule has 6 heteroatoms. The molecule has 0 saturated heterocycles. The lowest BCUT2D eigenvalue weighted by atomic mass is 10.3. The van der Waals surface area contributed by atoms with Crippen LogP contribution in [0.25, 0.3) is 0 Å². The van der Waals surface area contributed by atoms with Crippen molar-refractivity contribution < 1.29 is 13.7 Å².